The number of rotatable bonds is 4. The number of nitrogens with one attached hydrogen (secondary N) is 1. The van der Waals surface area contributed by atoms with E-state index >= 15 is 0 Å². The monoisotopic (exact) mass is 352 g/mol. The van der Waals surface area contributed by atoms with Crippen molar-refractivity contribution in [3.05, 3.63) is 29.8 Å². The van der Waals surface area contributed by atoms with Crippen LogP contribution in [0.4, 0.5) is 0 Å². The quantitative estimate of drug-likeness (QED) is 0.906. The molecule has 0 saturated carbocycles. The average molecular weight is 352 g/mol. The number of allylic oxidation sites excluding steroid dienone is 1. The number of piperidine rings is 1. The Balaban J connectivity index is 1.64. The van der Waals surface area contributed by atoms with Gasteiger partial charge in [-0.2, -0.15) is 0 Å². The highest BCUT2D eigenvalue weighted by Crippen LogP contribution is 2.35. The maximum atomic E-state index is 5.40. The third-order valence-electron chi connectivity index (χ3n) is 5.36. The Hall–Kier alpha value is -2.47. The van der Waals surface area contributed by atoms with Gasteiger partial charge in [0.25, 0.3) is 0 Å². The number of benzene rings is 1. The van der Waals surface area contributed by atoms with Crippen molar-refractivity contribution < 1.29 is 9.47 Å². The van der Waals surface area contributed by atoms with E-state index < -0.39 is 0 Å². The Bertz CT molecular complexity index is 834. The predicted molar refractivity (Wildman–Crippen MR) is 105 cm³/mol. The van der Waals surface area contributed by atoms with Gasteiger partial charge in [-0.05, 0) is 57.1 Å². The highest BCUT2D eigenvalue weighted by molar-refractivity contribution is 6.68. The van der Waals surface area contributed by atoms with E-state index in [-0.39, 0.29) is 5.66 Å². The van der Waals surface area contributed by atoms with Crippen molar-refractivity contribution in [2.75, 3.05) is 27.3 Å². The Labute approximate surface area is 153 Å². The molecule has 3 aliphatic rings. The summed E-state index contributed by atoms with van der Waals surface area (Å²) in [5.41, 5.74) is 3.22. The number of ether oxygens (including phenoxy) is 2. The van der Waals surface area contributed by atoms with Gasteiger partial charge in [-0.15, -0.1) is 0 Å². The predicted octanol–water partition coefficient (Wildman–Crippen LogP) is 2.74. The van der Waals surface area contributed by atoms with Crippen molar-refractivity contribution in [1.82, 2.24) is 5.32 Å². The first-order valence-corrected chi connectivity index (χ1v) is 9.02. The second-order valence-corrected chi connectivity index (χ2v) is 6.97. The number of methoxy groups -OCH3 is 2. The molecule has 0 spiro atoms. The van der Waals surface area contributed by atoms with Crippen LogP contribution < -0.4 is 14.8 Å². The zero-order chi connectivity index (χ0) is 18.1. The molecule has 0 aliphatic carbocycles. The fourth-order valence-electron chi connectivity index (χ4n) is 3.78. The van der Waals surface area contributed by atoms with Crippen LogP contribution in [0.15, 0.2) is 39.3 Å². The first-order valence-electron chi connectivity index (χ1n) is 9.02. The van der Waals surface area contributed by atoms with Crippen LogP contribution >= 0.6 is 0 Å². The van der Waals surface area contributed by atoms with Crippen molar-refractivity contribution in [2.24, 2.45) is 20.9 Å². The Kier molecular flexibility index (Phi) is 4.36. The first-order chi connectivity index (χ1) is 12.6. The van der Waals surface area contributed by atoms with Gasteiger partial charge in [-0.25, -0.2) is 4.99 Å². The van der Waals surface area contributed by atoms with Gasteiger partial charge < -0.3 is 14.8 Å². The maximum absolute atomic E-state index is 5.40. The van der Waals surface area contributed by atoms with Crippen LogP contribution in [0.3, 0.4) is 0 Å². The second-order valence-electron chi connectivity index (χ2n) is 6.97. The summed E-state index contributed by atoms with van der Waals surface area (Å²) in [7, 11) is 3.27. The summed E-state index contributed by atoms with van der Waals surface area (Å²) >= 11 is 0. The number of aliphatic imine (C=N–C) groups is 3. The lowest BCUT2D eigenvalue weighted by atomic mass is 9.85. The van der Waals surface area contributed by atoms with Crippen LogP contribution in [0.5, 0.6) is 11.5 Å². The Morgan fingerprint density at radius 3 is 2.58 bits per heavy atom. The smallest absolute Gasteiger partial charge is 0.161 e. The Morgan fingerprint density at radius 2 is 1.85 bits per heavy atom. The van der Waals surface area contributed by atoms with E-state index in [0.717, 1.165) is 48.6 Å². The van der Waals surface area contributed by atoms with Crippen molar-refractivity contribution in [1.29, 1.82) is 0 Å². The van der Waals surface area contributed by atoms with E-state index in [0.29, 0.717) is 17.4 Å². The zero-order valence-electron chi connectivity index (χ0n) is 15.5. The van der Waals surface area contributed by atoms with E-state index in [1.165, 1.54) is 0 Å². The van der Waals surface area contributed by atoms with Gasteiger partial charge in [0.05, 0.1) is 31.8 Å². The van der Waals surface area contributed by atoms with Crippen LogP contribution in [-0.4, -0.2) is 50.6 Å². The normalized spacial score (nSPS) is 25.3. The molecule has 26 heavy (non-hydrogen) atoms. The highest BCUT2D eigenvalue weighted by atomic mass is 16.5. The minimum Gasteiger partial charge on any atom is -0.493 e. The summed E-state index contributed by atoms with van der Waals surface area (Å²) in [4.78, 5) is 14.5. The van der Waals surface area contributed by atoms with E-state index in [1.54, 1.807) is 14.2 Å². The Morgan fingerprint density at radius 1 is 1.08 bits per heavy atom. The van der Waals surface area contributed by atoms with Crippen molar-refractivity contribution in [3.8, 4) is 11.5 Å². The minimum atomic E-state index is -0.389. The molecule has 136 valence electrons. The van der Waals surface area contributed by atoms with Crippen LogP contribution in [0.2, 0.25) is 0 Å². The van der Waals surface area contributed by atoms with Crippen molar-refractivity contribution in [3.63, 3.8) is 0 Å². The molecule has 1 atom stereocenters. The average Bonchev–Trinajstić information content (AvgIpc) is 3.11. The molecule has 1 unspecified atom stereocenters. The maximum Gasteiger partial charge on any atom is 0.161 e. The number of hydrogen-bond acceptors (Lipinski definition) is 6. The molecule has 6 nitrogen and oxygen atoms in total. The van der Waals surface area contributed by atoms with Crippen LogP contribution in [-0.2, 0) is 0 Å². The van der Waals surface area contributed by atoms with Gasteiger partial charge in [-0.1, -0.05) is 0 Å². The van der Waals surface area contributed by atoms with E-state index in [9.17, 15) is 0 Å². The molecule has 3 heterocycles. The van der Waals surface area contributed by atoms with Gasteiger partial charge in [-0.3, -0.25) is 9.98 Å². The van der Waals surface area contributed by atoms with Crippen LogP contribution in [0.1, 0.15) is 25.3 Å². The summed E-state index contributed by atoms with van der Waals surface area (Å²) in [5, 5.41) is 3.41. The summed E-state index contributed by atoms with van der Waals surface area (Å²) in [5.74, 6) is 1.86. The van der Waals surface area contributed by atoms with Gasteiger partial charge in [0.2, 0.25) is 0 Å². The molecule has 1 fully saturated rings. The third-order valence-corrected chi connectivity index (χ3v) is 5.36. The molecule has 1 aromatic rings. The summed E-state index contributed by atoms with van der Waals surface area (Å²) in [6.45, 7) is 4.20. The number of fused-ring (bicyclic) bond motifs is 1. The third kappa shape index (κ3) is 2.94. The molecule has 0 bridgehead atoms. The summed E-state index contributed by atoms with van der Waals surface area (Å²) in [6, 6.07) is 5.82. The standard InChI is InChI=1S/C20H24N4O2/c1-20(14-6-8-21-9-7-14)22-12-17-16(24-20)11-15(23-17)13-4-5-18(25-2)19(10-13)26-3/h4-5,10-12,14,21H,6-9H2,1-3H3. The molecule has 1 saturated heterocycles. The van der Waals surface area contributed by atoms with E-state index in [4.69, 9.17) is 24.5 Å². The van der Waals surface area contributed by atoms with Crippen molar-refractivity contribution in [2.45, 2.75) is 25.4 Å². The first kappa shape index (κ1) is 17.0. The second kappa shape index (κ2) is 6.68. The molecular weight excluding hydrogens is 328 g/mol. The molecule has 3 aliphatic heterocycles. The van der Waals surface area contributed by atoms with Gasteiger partial charge in [0, 0.05) is 11.5 Å². The highest BCUT2D eigenvalue weighted by Gasteiger charge is 2.37. The molecule has 4 rings (SSSR count). The van der Waals surface area contributed by atoms with Crippen molar-refractivity contribution >= 4 is 23.3 Å². The molecule has 1 aromatic carbocycles. The molecule has 0 amide bonds. The van der Waals surface area contributed by atoms with Gasteiger partial charge in [0.1, 0.15) is 5.71 Å². The lowest BCUT2D eigenvalue weighted by molar-refractivity contribution is 0.244. The molecule has 0 radical (unpaired) electrons. The fraction of sp³-hybridized carbons (Fsp3) is 0.450. The number of nitrogens with zero attached hydrogens (tertiary/aromatic N) is 3. The zero-order valence-corrected chi connectivity index (χ0v) is 15.5. The van der Waals surface area contributed by atoms with Crippen LogP contribution in [0.25, 0.3) is 5.70 Å². The molecule has 0 aromatic heterocycles. The molecular formula is C20H24N4O2. The van der Waals surface area contributed by atoms with Crippen LogP contribution in [0, 0.1) is 5.92 Å². The lowest BCUT2D eigenvalue weighted by Crippen LogP contribution is -2.42. The fourth-order valence-corrected chi connectivity index (χ4v) is 3.78. The largest absolute Gasteiger partial charge is 0.493 e. The number of hydrogen-bond donors (Lipinski definition) is 1. The van der Waals surface area contributed by atoms with Gasteiger partial charge in [0.15, 0.2) is 17.2 Å². The lowest BCUT2D eigenvalue weighted by Gasteiger charge is -2.35. The minimum absolute atomic E-state index is 0.389. The van der Waals surface area contributed by atoms with E-state index in [1.807, 2.05) is 30.5 Å². The topological polar surface area (TPSA) is 67.6 Å². The summed E-state index contributed by atoms with van der Waals surface area (Å²) < 4.78 is 10.7. The SMILES string of the molecule is COc1ccc(C2=CC3=NC(C)(C4CCNCC4)N=CC3=N2)cc1OC. The molecule has 6 heteroatoms. The van der Waals surface area contributed by atoms with Gasteiger partial charge >= 0.3 is 0 Å². The molecule has 1 N–H and O–H groups in total. The van der Waals surface area contributed by atoms with E-state index in [2.05, 4.69) is 12.2 Å². The summed E-state index contributed by atoms with van der Waals surface area (Å²) in [6.07, 6.45) is 6.13.